The number of amides is 1. The number of rotatable bonds is 4. The topological polar surface area (TPSA) is 64.5 Å². The molecule has 138 valence electrons. The predicted octanol–water partition coefficient (Wildman–Crippen LogP) is 4.14. The Labute approximate surface area is 165 Å². The summed E-state index contributed by atoms with van der Waals surface area (Å²) in [5, 5.41) is 6.37. The molecule has 27 heavy (non-hydrogen) atoms. The van der Waals surface area contributed by atoms with Gasteiger partial charge in [0.1, 0.15) is 28.4 Å². The van der Waals surface area contributed by atoms with Gasteiger partial charge in [-0.1, -0.05) is 29.5 Å². The predicted molar refractivity (Wildman–Crippen MR) is 108 cm³/mol. The highest BCUT2D eigenvalue weighted by atomic mass is 32.1. The highest BCUT2D eigenvalue weighted by Gasteiger charge is 2.31. The minimum absolute atomic E-state index is 0.176. The quantitative estimate of drug-likeness (QED) is 0.646. The number of nitrogens with one attached hydrogen (secondary N) is 2. The van der Waals surface area contributed by atoms with E-state index in [9.17, 15) is 4.79 Å². The minimum Gasteiger partial charge on any atom is -0.497 e. The first-order chi connectivity index (χ1) is 13.1. The molecule has 2 aromatic carbocycles. The second kappa shape index (κ2) is 7.05. The maximum atomic E-state index is 12.7. The molecule has 1 amide bonds. The first-order valence-corrected chi connectivity index (χ1v) is 9.45. The van der Waals surface area contributed by atoms with Crippen LogP contribution in [-0.4, -0.2) is 24.7 Å². The van der Waals surface area contributed by atoms with Crippen molar-refractivity contribution in [2.45, 2.75) is 6.17 Å². The van der Waals surface area contributed by atoms with E-state index in [-0.39, 0.29) is 5.91 Å². The van der Waals surface area contributed by atoms with Crippen LogP contribution in [0.2, 0.25) is 0 Å². The molecule has 0 spiro atoms. The molecule has 0 radical (unpaired) electrons. The zero-order valence-corrected chi connectivity index (χ0v) is 16.3. The van der Waals surface area contributed by atoms with Crippen molar-refractivity contribution in [3.63, 3.8) is 0 Å². The first kappa shape index (κ1) is 17.6. The lowest BCUT2D eigenvalue weighted by Gasteiger charge is -2.28. The zero-order valence-electron chi connectivity index (χ0n) is 14.7. The summed E-state index contributed by atoms with van der Waals surface area (Å²) in [5.74, 6) is 1.83. The molecule has 1 aliphatic rings. The van der Waals surface area contributed by atoms with Gasteiger partial charge in [-0.3, -0.25) is 9.36 Å². The largest absolute Gasteiger partial charge is 0.497 e. The van der Waals surface area contributed by atoms with E-state index in [1.54, 1.807) is 14.2 Å². The molecule has 0 saturated carbocycles. The second-order valence-electron chi connectivity index (χ2n) is 5.88. The third-order valence-electron chi connectivity index (χ3n) is 4.34. The molecule has 1 aliphatic heterocycles. The van der Waals surface area contributed by atoms with Crippen molar-refractivity contribution in [3.05, 3.63) is 62.9 Å². The van der Waals surface area contributed by atoms with Crippen molar-refractivity contribution in [2.24, 2.45) is 0 Å². The van der Waals surface area contributed by atoms with Gasteiger partial charge >= 0.3 is 0 Å². The van der Waals surface area contributed by atoms with Crippen LogP contribution in [0.25, 0.3) is 5.69 Å². The van der Waals surface area contributed by atoms with Crippen LogP contribution >= 0.6 is 23.6 Å². The number of hydrogen-bond donors (Lipinski definition) is 2. The van der Waals surface area contributed by atoms with Gasteiger partial charge in [0.2, 0.25) is 0 Å². The summed E-state index contributed by atoms with van der Waals surface area (Å²) >= 11 is 6.80. The average molecular weight is 399 g/mol. The zero-order chi connectivity index (χ0) is 19.0. The number of anilines is 1. The van der Waals surface area contributed by atoms with Crippen LogP contribution in [0.15, 0.2) is 48.5 Å². The van der Waals surface area contributed by atoms with Gasteiger partial charge < -0.3 is 20.1 Å². The molecule has 0 saturated heterocycles. The average Bonchev–Trinajstić information content (AvgIpc) is 3.04. The lowest BCUT2D eigenvalue weighted by molar-refractivity contribution is 0.0939. The lowest BCUT2D eigenvalue weighted by atomic mass is 10.1. The van der Waals surface area contributed by atoms with Crippen molar-refractivity contribution in [1.82, 2.24) is 9.88 Å². The van der Waals surface area contributed by atoms with Gasteiger partial charge in [0.05, 0.1) is 14.2 Å². The molecule has 0 bridgehead atoms. The summed E-state index contributed by atoms with van der Waals surface area (Å²) in [6.07, 6.45) is -0.478. The number of nitrogens with zero attached hydrogens (tertiary/aromatic N) is 1. The summed E-state index contributed by atoms with van der Waals surface area (Å²) in [5.41, 5.74) is 1.67. The van der Waals surface area contributed by atoms with Gasteiger partial charge in [-0.25, -0.2) is 0 Å². The molecule has 3 aromatic rings. The maximum Gasteiger partial charge on any atom is 0.267 e. The van der Waals surface area contributed by atoms with E-state index in [4.69, 9.17) is 21.7 Å². The molecule has 2 N–H and O–H groups in total. The van der Waals surface area contributed by atoms with Crippen molar-refractivity contribution in [1.29, 1.82) is 0 Å². The number of methoxy groups -OCH3 is 2. The number of para-hydroxylation sites is 1. The van der Waals surface area contributed by atoms with Crippen LogP contribution in [0, 0.1) is 3.95 Å². The third kappa shape index (κ3) is 3.07. The van der Waals surface area contributed by atoms with Crippen molar-refractivity contribution >= 4 is 35.3 Å². The van der Waals surface area contributed by atoms with Crippen molar-refractivity contribution in [2.75, 3.05) is 19.5 Å². The molecular formula is C19H17N3O3S2. The van der Waals surface area contributed by atoms with Gasteiger partial charge in [0.25, 0.3) is 5.91 Å². The summed E-state index contributed by atoms with van der Waals surface area (Å²) < 4.78 is 13.3. The fraction of sp³-hybridized carbons (Fsp3) is 0.158. The van der Waals surface area contributed by atoms with Crippen molar-refractivity contribution < 1.29 is 14.3 Å². The van der Waals surface area contributed by atoms with Gasteiger partial charge in [-0.2, -0.15) is 0 Å². The Balaban J connectivity index is 1.82. The number of hydrogen-bond acceptors (Lipinski definition) is 6. The van der Waals surface area contributed by atoms with E-state index < -0.39 is 6.17 Å². The molecule has 8 heteroatoms. The number of fused-ring (bicyclic) bond motifs is 1. The first-order valence-electron chi connectivity index (χ1n) is 8.23. The number of carbonyl (C=O) groups is 1. The number of thiazole rings is 1. The molecule has 0 aliphatic carbocycles. The molecular weight excluding hydrogens is 382 g/mol. The highest BCUT2D eigenvalue weighted by molar-refractivity contribution is 7.73. The Morgan fingerprint density at radius 1 is 1.07 bits per heavy atom. The summed E-state index contributed by atoms with van der Waals surface area (Å²) in [4.78, 5) is 13.3. The summed E-state index contributed by atoms with van der Waals surface area (Å²) in [6.45, 7) is 0. The van der Waals surface area contributed by atoms with E-state index in [1.165, 1.54) is 11.3 Å². The Bertz CT molecular complexity index is 1060. The number of carbonyl (C=O) groups excluding carboxylic acids is 1. The monoisotopic (exact) mass is 399 g/mol. The molecule has 1 aromatic heterocycles. The van der Waals surface area contributed by atoms with Gasteiger partial charge in [0, 0.05) is 11.3 Å². The Morgan fingerprint density at radius 3 is 2.56 bits per heavy atom. The standard InChI is InChI=1S/C19H17N3O3S2/c1-24-12-8-9-14(25-2)13(10-12)16-20-17-15(18(23)21-16)27-19(26)22(17)11-6-4-3-5-7-11/h3-10,16,20H,1-2H3,(H,21,23)/t16-/m1/s1. The van der Waals surface area contributed by atoms with E-state index in [0.717, 1.165) is 11.3 Å². The molecule has 0 fully saturated rings. The van der Waals surface area contributed by atoms with Gasteiger partial charge in [0.15, 0.2) is 3.95 Å². The van der Waals surface area contributed by atoms with E-state index >= 15 is 0 Å². The number of aromatic nitrogens is 1. The number of ether oxygens (including phenoxy) is 2. The molecule has 1 atom stereocenters. The van der Waals surface area contributed by atoms with Crippen LogP contribution in [0.1, 0.15) is 21.4 Å². The summed E-state index contributed by atoms with van der Waals surface area (Å²) in [7, 11) is 3.19. The van der Waals surface area contributed by atoms with Crippen LogP contribution in [0.5, 0.6) is 11.5 Å². The molecule has 2 heterocycles. The Morgan fingerprint density at radius 2 is 1.85 bits per heavy atom. The van der Waals surface area contributed by atoms with Crippen molar-refractivity contribution in [3.8, 4) is 17.2 Å². The summed E-state index contributed by atoms with van der Waals surface area (Å²) in [6, 6.07) is 15.2. The fourth-order valence-electron chi connectivity index (χ4n) is 3.06. The molecule has 0 unspecified atom stereocenters. The molecule has 6 nitrogen and oxygen atoms in total. The lowest BCUT2D eigenvalue weighted by Crippen LogP contribution is -2.38. The van der Waals surface area contributed by atoms with Crippen LogP contribution in [0.3, 0.4) is 0 Å². The Hall–Kier alpha value is -2.84. The highest BCUT2D eigenvalue weighted by Crippen LogP contribution is 2.37. The third-order valence-corrected chi connectivity index (χ3v) is 5.71. The second-order valence-corrected chi connectivity index (χ2v) is 7.52. The van der Waals surface area contributed by atoms with Crippen LogP contribution < -0.4 is 20.1 Å². The fourth-order valence-corrected chi connectivity index (χ4v) is 4.37. The normalized spacial score (nSPS) is 15.5. The van der Waals surface area contributed by atoms with E-state index in [2.05, 4.69) is 10.6 Å². The SMILES string of the molecule is COc1ccc(OC)c([C@H]2NC(=O)c3sc(=S)n(-c4ccccc4)c3N2)c1. The Kier molecular flexibility index (Phi) is 4.59. The minimum atomic E-state index is -0.478. The molecule has 4 rings (SSSR count). The van der Waals surface area contributed by atoms with Gasteiger partial charge in [-0.05, 0) is 42.5 Å². The van der Waals surface area contributed by atoms with Crippen LogP contribution in [0.4, 0.5) is 5.82 Å². The smallest absolute Gasteiger partial charge is 0.267 e. The van der Waals surface area contributed by atoms with E-state index in [0.29, 0.717) is 26.1 Å². The van der Waals surface area contributed by atoms with E-state index in [1.807, 2.05) is 53.1 Å². The maximum absolute atomic E-state index is 12.7. The number of benzene rings is 2. The van der Waals surface area contributed by atoms with Gasteiger partial charge in [-0.15, -0.1) is 0 Å². The van der Waals surface area contributed by atoms with Crippen LogP contribution in [-0.2, 0) is 0 Å².